The summed E-state index contributed by atoms with van der Waals surface area (Å²) in [7, 11) is 2.20. The van der Waals surface area contributed by atoms with Crippen LogP contribution in [0.5, 0.6) is 0 Å². The lowest BCUT2D eigenvalue weighted by molar-refractivity contribution is 0.0310. The highest BCUT2D eigenvalue weighted by molar-refractivity contribution is 4.91. The Kier molecular flexibility index (Phi) is 4.08. The van der Waals surface area contributed by atoms with Crippen LogP contribution in [0.25, 0.3) is 0 Å². The summed E-state index contributed by atoms with van der Waals surface area (Å²) in [5.74, 6) is 0. The van der Waals surface area contributed by atoms with Crippen molar-refractivity contribution in [3.05, 3.63) is 0 Å². The largest absolute Gasteiger partial charge is 0.395 e. The third kappa shape index (κ3) is 3.65. The summed E-state index contributed by atoms with van der Waals surface area (Å²) in [6.07, 6.45) is 2.56. The van der Waals surface area contributed by atoms with Gasteiger partial charge in [0.1, 0.15) is 0 Å². The lowest BCUT2D eigenvalue weighted by Gasteiger charge is -2.46. The predicted octanol–water partition coefficient (Wildman–Crippen LogP) is 0.125. The van der Waals surface area contributed by atoms with Gasteiger partial charge in [-0.1, -0.05) is 0 Å². The maximum Gasteiger partial charge on any atom is 0.0597 e. The first-order valence-corrected chi connectivity index (χ1v) is 6.82. The molecule has 2 fully saturated rings. The molecule has 2 rings (SSSR count). The summed E-state index contributed by atoms with van der Waals surface area (Å²) in [5, 5.41) is 12.9. The summed E-state index contributed by atoms with van der Waals surface area (Å²) in [6, 6.07) is 0.925. The van der Waals surface area contributed by atoms with Crippen LogP contribution in [0.15, 0.2) is 0 Å². The molecule has 0 aromatic carbocycles. The molecule has 1 saturated heterocycles. The van der Waals surface area contributed by atoms with E-state index in [2.05, 4.69) is 36.0 Å². The summed E-state index contributed by atoms with van der Waals surface area (Å²) in [4.78, 5) is 4.90. The van der Waals surface area contributed by atoms with Crippen LogP contribution in [-0.4, -0.2) is 72.4 Å². The first-order valence-electron chi connectivity index (χ1n) is 6.82. The molecular formula is C13H27N3O. The van der Waals surface area contributed by atoms with Gasteiger partial charge in [0, 0.05) is 43.8 Å². The van der Waals surface area contributed by atoms with Crippen molar-refractivity contribution in [3.8, 4) is 0 Å². The lowest BCUT2D eigenvalue weighted by Crippen LogP contribution is -2.59. The Morgan fingerprint density at radius 3 is 2.59 bits per heavy atom. The zero-order chi connectivity index (χ0) is 12.5. The van der Waals surface area contributed by atoms with Crippen molar-refractivity contribution in [1.29, 1.82) is 0 Å². The van der Waals surface area contributed by atoms with Crippen LogP contribution in [0, 0.1) is 0 Å². The topological polar surface area (TPSA) is 38.7 Å². The van der Waals surface area contributed by atoms with Gasteiger partial charge < -0.3 is 10.4 Å². The Hall–Kier alpha value is -0.160. The van der Waals surface area contributed by atoms with E-state index < -0.39 is 0 Å². The highest BCUT2D eigenvalue weighted by Gasteiger charge is 2.32. The number of likely N-dealkylation sites (N-methyl/N-ethyl adjacent to an activating group) is 1. The zero-order valence-electron chi connectivity index (χ0n) is 11.4. The molecule has 4 heteroatoms. The molecule has 1 saturated carbocycles. The SMILES string of the molecule is CN1CCN(CC(CO)NC2CC2)CC1(C)C. The highest BCUT2D eigenvalue weighted by Crippen LogP contribution is 2.21. The second-order valence-electron chi connectivity index (χ2n) is 6.29. The van der Waals surface area contributed by atoms with Crippen molar-refractivity contribution in [3.63, 3.8) is 0 Å². The third-order valence-electron chi connectivity index (χ3n) is 4.14. The van der Waals surface area contributed by atoms with Crippen molar-refractivity contribution in [2.24, 2.45) is 0 Å². The van der Waals surface area contributed by atoms with Gasteiger partial charge in [0.15, 0.2) is 0 Å². The fourth-order valence-electron chi connectivity index (χ4n) is 2.56. The molecule has 1 aliphatic heterocycles. The number of hydrogen-bond acceptors (Lipinski definition) is 4. The van der Waals surface area contributed by atoms with Gasteiger partial charge >= 0.3 is 0 Å². The Balaban J connectivity index is 1.81. The normalized spacial score (nSPS) is 28.2. The first-order chi connectivity index (χ1) is 8.01. The van der Waals surface area contributed by atoms with Crippen LogP contribution in [-0.2, 0) is 0 Å². The van der Waals surface area contributed by atoms with E-state index >= 15 is 0 Å². The molecular weight excluding hydrogens is 214 g/mol. The molecule has 100 valence electrons. The quantitative estimate of drug-likeness (QED) is 0.717. The average molecular weight is 241 g/mol. The van der Waals surface area contributed by atoms with Crippen molar-refractivity contribution < 1.29 is 5.11 Å². The summed E-state index contributed by atoms with van der Waals surface area (Å²) < 4.78 is 0. The van der Waals surface area contributed by atoms with E-state index in [0.29, 0.717) is 6.04 Å². The molecule has 0 bridgehead atoms. The van der Waals surface area contributed by atoms with Gasteiger partial charge in [-0.3, -0.25) is 9.80 Å². The van der Waals surface area contributed by atoms with E-state index in [1.165, 1.54) is 12.8 Å². The number of nitrogens with zero attached hydrogens (tertiary/aromatic N) is 2. The minimum atomic E-state index is 0.248. The summed E-state index contributed by atoms with van der Waals surface area (Å²) in [5.41, 5.74) is 0.248. The van der Waals surface area contributed by atoms with Gasteiger partial charge in [0.25, 0.3) is 0 Å². The minimum Gasteiger partial charge on any atom is -0.395 e. The molecule has 17 heavy (non-hydrogen) atoms. The third-order valence-corrected chi connectivity index (χ3v) is 4.14. The Bertz CT molecular complexity index is 253. The molecule has 0 spiro atoms. The Morgan fingerprint density at radius 2 is 2.06 bits per heavy atom. The average Bonchev–Trinajstić information content (AvgIpc) is 3.06. The number of aliphatic hydroxyl groups is 1. The number of rotatable bonds is 5. The van der Waals surface area contributed by atoms with E-state index in [-0.39, 0.29) is 18.2 Å². The smallest absolute Gasteiger partial charge is 0.0597 e. The van der Waals surface area contributed by atoms with Crippen LogP contribution in [0.2, 0.25) is 0 Å². The minimum absolute atomic E-state index is 0.248. The van der Waals surface area contributed by atoms with Crippen LogP contribution < -0.4 is 5.32 Å². The van der Waals surface area contributed by atoms with Crippen molar-refractivity contribution in [2.45, 2.75) is 44.3 Å². The molecule has 0 aromatic rings. The molecule has 0 radical (unpaired) electrons. The van der Waals surface area contributed by atoms with E-state index in [0.717, 1.165) is 26.2 Å². The van der Waals surface area contributed by atoms with Gasteiger partial charge in [-0.05, 0) is 33.7 Å². The molecule has 1 unspecified atom stereocenters. The molecule has 1 atom stereocenters. The molecule has 1 heterocycles. The standard InChI is InChI=1S/C13H27N3O/c1-13(2)10-16(7-6-15(13)3)8-12(9-17)14-11-4-5-11/h11-12,14,17H,4-10H2,1-3H3. The molecule has 4 nitrogen and oxygen atoms in total. The second-order valence-corrected chi connectivity index (χ2v) is 6.29. The van der Waals surface area contributed by atoms with Crippen LogP contribution in [0.3, 0.4) is 0 Å². The van der Waals surface area contributed by atoms with Crippen molar-refractivity contribution in [2.75, 3.05) is 39.8 Å². The first kappa shape index (κ1) is 13.3. The predicted molar refractivity (Wildman–Crippen MR) is 70.2 cm³/mol. The summed E-state index contributed by atoms with van der Waals surface area (Å²) in [6.45, 7) is 9.14. The molecule has 2 N–H and O–H groups in total. The van der Waals surface area contributed by atoms with Gasteiger partial charge in [-0.2, -0.15) is 0 Å². The molecule has 0 amide bonds. The fraction of sp³-hybridized carbons (Fsp3) is 1.00. The van der Waals surface area contributed by atoms with Gasteiger partial charge in [-0.25, -0.2) is 0 Å². The Labute approximate surface area is 105 Å². The van der Waals surface area contributed by atoms with Crippen LogP contribution >= 0.6 is 0 Å². The zero-order valence-corrected chi connectivity index (χ0v) is 11.4. The van der Waals surface area contributed by atoms with Gasteiger partial charge in [0.05, 0.1) is 6.61 Å². The van der Waals surface area contributed by atoms with Crippen molar-refractivity contribution in [1.82, 2.24) is 15.1 Å². The maximum atomic E-state index is 9.42. The van der Waals surface area contributed by atoms with Crippen molar-refractivity contribution >= 4 is 0 Å². The van der Waals surface area contributed by atoms with Gasteiger partial charge in [0.2, 0.25) is 0 Å². The second kappa shape index (κ2) is 5.22. The van der Waals surface area contributed by atoms with E-state index in [9.17, 15) is 5.11 Å². The number of piperazine rings is 1. The molecule has 2 aliphatic rings. The highest BCUT2D eigenvalue weighted by atomic mass is 16.3. The Morgan fingerprint density at radius 1 is 1.35 bits per heavy atom. The molecule has 0 aromatic heterocycles. The monoisotopic (exact) mass is 241 g/mol. The maximum absolute atomic E-state index is 9.42. The van der Waals surface area contributed by atoms with Crippen LogP contribution in [0.4, 0.5) is 0 Å². The van der Waals surface area contributed by atoms with E-state index in [4.69, 9.17) is 0 Å². The number of aliphatic hydroxyl groups excluding tert-OH is 1. The fourth-order valence-corrected chi connectivity index (χ4v) is 2.56. The van der Waals surface area contributed by atoms with E-state index in [1.54, 1.807) is 0 Å². The van der Waals surface area contributed by atoms with E-state index in [1.807, 2.05) is 0 Å². The van der Waals surface area contributed by atoms with Gasteiger partial charge in [-0.15, -0.1) is 0 Å². The lowest BCUT2D eigenvalue weighted by atomic mass is 9.99. The number of nitrogens with one attached hydrogen (secondary N) is 1. The van der Waals surface area contributed by atoms with Crippen LogP contribution in [0.1, 0.15) is 26.7 Å². The number of hydrogen-bond donors (Lipinski definition) is 2. The summed E-state index contributed by atoms with van der Waals surface area (Å²) >= 11 is 0. The molecule has 1 aliphatic carbocycles.